The third-order valence-corrected chi connectivity index (χ3v) is 4.92. The Balaban J connectivity index is 2.13. The number of hydrogen-bond acceptors (Lipinski definition) is 2. The van der Waals surface area contributed by atoms with E-state index in [-0.39, 0.29) is 0 Å². The van der Waals surface area contributed by atoms with Crippen LogP contribution in [0.4, 0.5) is 0 Å². The van der Waals surface area contributed by atoms with Gasteiger partial charge in [0.2, 0.25) is 0 Å². The molecule has 1 heterocycles. The van der Waals surface area contributed by atoms with Crippen molar-refractivity contribution in [3.63, 3.8) is 0 Å². The second-order valence-electron chi connectivity index (χ2n) is 6.02. The Labute approximate surface area is 121 Å². The van der Waals surface area contributed by atoms with Crippen LogP contribution in [0.15, 0.2) is 0 Å². The van der Waals surface area contributed by atoms with Gasteiger partial charge in [0.15, 0.2) is 0 Å². The van der Waals surface area contributed by atoms with Crippen LogP contribution < -0.4 is 5.32 Å². The zero-order valence-corrected chi connectivity index (χ0v) is 13.3. The fraction of sp³-hybridized carbons (Fsp3) is 0.800. The van der Waals surface area contributed by atoms with Crippen LogP contribution in [0.3, 0.4) is 0 Å². The number of rotatable bonds is 4. The summed E-state index contributed by atoms with van der Waals surface area (Å²) in [6, 6.07) is 0.632. The van der Waals surface area contributed by atoms with Gasteiger partial charge in [-0.2, -0.15) is 5.10 Å². The van der Waals surface area contributed by atoms with Crippen LogP contribution in [0.25, 0.3) is 0 Å². The number of halogens is 1. The molecule has 2 rings (SSSR count). The van der Waals surface area contributed by atoms with Crippen molar-refractivity contribution < 1.29 is 0 Å². The second-order valence-corrected chi connectivity index (χ2v) is 6.39. The molecule has 1 aromatic heterocycles. The zero-order chi connectivity index (χ0) is 14.0. The van der Waals surface area contributed by atoms with Crippen molar-refractivity contribution in [3.8, 4) is 0 Å². The molecule has 0 aromatic carbocycles. The highest BCUT2D eigenvalue weighted by Gasteiger charge is 2.29. The maximum absolute atomic E-state index is 6.39. The van der Waals surface area contributed by atoms with Crippen LogP contribution in [0.5, 0.6) is 0 Å². The molecule has 4 heteroatoms. The first-order valence-electron chi connectivity index (χ1n) is 7.44. The molecule has 1 aliphatic rings. The van der Waals surface area contributed by atoms with E-state index >= 15 is 0 Å². The second kappa shape index (κ2) is 6.27. The molecule has 0 radical (unpaired) electrons. The van der Waals surface area contributed by atoms with E-state index in [0.717, 1.165) is 29.6 Å². The standard InChI is InChI=1S/C15H26ClN3/c1-5-17-13-7-6-10(2)8-12(13)9-14-15(16)11(3)18-19(14)4/h10,12-13,17H,5-9H2,1-4H3. The fourth-order valence-corrected chi connectivity index (χ4v) is 3.64. The van der Waals surface area contributed by atoms with Gasteiger partial charge in [-0.25, -0.2) is 0 Å². The van der Waals surface area contributed by atoms with E-state index in [1.807, 2.05) is 18.7 Å². The molecule has 3 atom stereocenters. The Hall–Kier alpha value is -0.540. The molecule has 1 aromatic rings. The fourth-order valence-electron chi connectivity index (χ4n) is 3.41. The Kier molecular flexibility index (Phi) is 4.91. The third kappa shape index (κ3) is 3.32. The predicted molar refractivity (Wildman–Crippen MR) is 80.6 cm³/mol. The minimum absolute atomic E-state index is 0.632. The lowest BCUT2D eigenvalue weighted by Gasteiger charge is -2.35. The smallest absolute Gasteiger partial charge is 0.0847 e. The van der Waals surface area contributed by atoms with Gasteiger partial charge >= 0.3 is 0 Å². The van der Waals surface area contributed by atoms with Crippen LogP contribution in [0.1, 0.15) is 44.5 Å². The highest BCUT2D eigenvalue weighted by Crippen LogP contribution is 2.33. The maximum Gasteiger partial charge on any atom is 0.0847 e. The molecule has 0 spiro atoms. The molecule has 1 fully saturated rings. The van der Waals surface area contributed by atoms with E-state index in [1.165, 1.54) is 25.0 Å². The summed E-state index contributed by atoms with van der Waals surface area (Å²) < 4.78 is 1.96. The molecule has 3 nitrogen and oxygen atoms in total. The highest BCUT2D eigenvalue weighted by atomic mass is 35.5. The molecule has 1 N–H and O–H groups in total. The predicted octanol–water partition coefficient (Wildman–Crippen LogP) is 3.34. The van der Waals surface area contributed by atoms with Crippen molar-refractivity contribution >= 4 is 11.6 Å². The van der Waals surface area contributed by atoms with Gasteiger partial charge in [-0.3, -0.25) is 4.68 Å². The summed E-state index contributed by atoms with van der Waals surface area (Å²) in [6.07, 6.45) is 4.96. The molecular weight excluding hydrogens is 258 g/mol. The van der Waals surface area contributed by atoms with Crippen molar-refractivity contribution in [1.82, 2.24) is 15.1 Å². The van der Waals surface area contributed by atoms with Crippen molar-refractivity contribution in [2.45, 2.75) is 52.5 Å². The molecule has 108 valence electrons. The first-order valence-corrected chi connectivity index (χ1v) is 7.82. The number of hydrogen-bond donors (Lipinski definition) is 1. The van der Waals surface area contributed by atoms with E-state index in [4.69, 9.17) is 11.6 Å². The lowest BCUT2D eigenvalue weighted by atomic mass is 9.76. The van der Waals surface area contributed by atoms with E-state index < -0.39 is 0 Å². The Morgan fingerprint density at radius 3 is 2.74 bits per heavy atom. The van der Waals surface area contributed by atoms with Crippen molar-refractivity contribution in [2.75, 3.05) is 6.54 Å². The zero-order valence-electron chi connectivity index (χ0n) is 12.5. The molecular formula is C15H26ClN3. The van der Waals surface area contributed by atoms with E-state index in [0.29, 0.717) is 12.0 Å². The van der Waals surface area contributed by atoms with Crippen LogP contribution in [0, 0.1) is 18.8 Å². The molecule has 0 aliphatic heterocycles. The van der Waals surface area contributed by atoms with Gasteiger partial charge in [0.05, 0.1) is 16.4 Å². The molecule has 19 heavy (non-hydrogen) atoms. The average Bonchev–Trinajstić information content (AvgIpc) is 2.59. The molecule has 3 unspecified atom stereocenters. The SMILES string of the molecule is CCNC1CCC(C)CC1Cc1c(Cl)c(C)nn1C. The van der Waals surface area contributed by atoms with Gasteiger partial charge in [-0.05, 0) is 51.0 Å². The summed E-state index contributed by atoms with van der Waals surface area (Å²) in [5, 5.41) is 8.94. The lowest BCUT2D eigenvalue weighted by Crippen LogP contribution is -2.41. The summed E-state index contributed by atoms with van der Waals surface area (Å²) in [7, 11) is 2.00. The summed E-state index contributed by atoms with van der Waals surface area (Å²) >= 11 is 6.39. The number of aryl methyl sites for hydroxylation is 2. The summed E-state index contributed by atoms with van der Waals surface area (Å²) in [5.41, 5.74) is 2.14. The summed E-state index contributed by atoms with van der Waals surface area (Å²) in [5.74, 6) is 1.50. The van der Waals surface area contributed by atoms with Crippen LogP contribution >= 0.6 is 11.6 Å². The van der Waals surface area contributed by atoms with E-state index in [2.05, 4.69) is 24.3 Å². The average molecular weight is 284 g/mol. The van der Waals surface area contributed by atoms with Gasteiger partial charge < -0.3 is 5.32 Å². The van der Waals surface area contributed by atoms with E-state index in [9.17, 15) is 0 Å². The van der Waals surface area contributed by atoms with E-state index in [1.54, 1.807) is 0 Å². The summed E-state index contributed by atoms with van der Waals surface area (Å²) in [4.78, 5) is 0. The maximum atomic E-state index is 6.39. The number of nitrogens with zero attached hydrogens (tertiary/aromatic N) is 2. The van der Waals surface area contributed by atoms with Crippen molar-refractivity contribution in [2.24, 2.45) is 18.9 Å². The normalized spacial score (nSPS) is 27.7. The minimum atomic E-state index is 0.632. The van der Waals surface area contributed by atoms with Gasteiger partial charge in [-0.1, -0.05) is 25.4 Å². The lowest BCUT2D eigenvalue weighted by molar-refractivity contribution is 0.212. The van der Waals surface area contributed by atoms with Gasteiger partial charge in [0, 0.05) is 13.1 Å². The van der Waals surface area contributed by atoms with Crippen molar-refractivity contribution in [1.29, 1.82) is 0 Å². The van der Waals surface area contributed by atoms with Gasteiger partial charge in [0.1, 0.15) is 0 Å². The first kappa shape index (κ1) is 14.9. The van der Waals surface area contributed by atoms with Crippen LogP contribution in [-0.4, -0.2) is 22.4 Å². The third-order valence-electron chi connectivity index (χ3n) is 4.43. The molecule has 0 bridgehead atoms. The quantitative estimate of drug-likeness (QED) is 0.918. The first-order chi connectivity index (χ1) is 9.02. The molecule has 1 saturated carbocycles. The van der Waals surface area contributed by atoms with Gasteiger partial charge in [-0.15, -0.1) is 0 Å². The summed E-state index contributed by atoms with van der Waals surface area (Å²) in [6.45, 7) is 7.59. The minimum Gasteiger partial charge on any atom is -0.314 e. The van der Waals surface area contributed by atoms with Crippen LogP contribution in [0.2, 0.25) is 5.02 Å². The molecule has 0 amide bonds. The number of nitrogens with one attached hydrogen (secondary N) is 1. The van der Waals surface area contributed by atoms with Crippen molar-refractivity contribution in [3.05, 3.63) is 16.4 Å². The largest absolute Gasteiger partial charge is 0.314 e. The monoisotopic (exact) mass is 283 g/mol. The Morgan fingerprint density at radius 1 is 1.42 bits per heavy atom. The molecule has 0 saturated heterocycles. The topological polar surface area (TPSA) is 29.9 Å². The Morgan fingerprint density at radius 2 is 2.16 bits per heavy atom. The van der Waals surface area contributed by atoms with Gasteiger partial charge in [0.25, 0.3) is 0 Å². The molecule has 1 aliphatic carbocycles. The highest BCUT2D eigenvalue weighted by molar-refractivity contribution is 6.31. The van der Waals surface area contributed by atoms with Crippen LogP contribution in [-0.2, 0) is 13.5 Å². The Bertz CT molecular complexity index is 427. The number of aromatic nitrogens is 2.